The average Bonchev–Trinajstić information content (AvgIpc) is 3.79. The highest BCUT2D eigenvalue weighted by molar-refractivity contribution is 6.10. The van der Waals surface area contributed by atoms with Gasteiger partial charge in [0.05, 0.1) is 11.6 Å². The van der Waals surface area contributed by atoms with Crippen LogP contribution in [0, 0.1) is 17.0 Å². The molecule has 3 heterocycles. The molecule has 1 aliphatic carbocycles. The summed E-state index contributed by atoms with van der Waals surface area (Å²) in [4.78, 5) is 41.6. The van der Waals surface area contributed by atoms with Gasteiger partial charge in [-0.25, -0.2) is 23.7 Å². The summed E-state index contributed by atoms with van der Waals surface area (Å²) in [6, 6.07) is 11.6. The number of piperazine rings is 1. The molecule has 2 aromatic heterocycles. The molecule has 10 heteroatoms. The Morgan fingerprint density at radius 2 is 1.60 bits per heavy atom. The normalized spacial score (nSPS) is 16.1. The fraction of sp³-hybridized carbons (Fsp3) is 0.300. The summed E-state index contributed by atoms with van der Waals surface area (Å²) in [6.07, 6.45) is 4.15. The van der Waals surface area contributed by atoms with E-state index in [4.69, 9.17) is 4.74 Å². The molecule has 1 saturated heterocycles. The smallest absolute Gasteiger partial charge is 0.184 e. The molecule has 0 spiro atoms. The van der Waals surface area contributed by atoms with E-state index in [9.17, 15) is 14.0 Å². The fourth-order valence-electron chi connectivity index (χ4n) is 5.02. The molecule has 40 heavy (non-hydrogen) atoms. The molecule has 2 fully saturated rings. The van der Waals surface area contributed by atoms with Gasteiger partial charge in [0.2, 0.25) is 0 Å². The third kappa shape index (κ3) is 5.27. The highest BCUT2D eigenvalue weighted by atomic mass is 19.1. The Kier molecular flexibility index (Phi) is 6.93. The van der Waals surface area contributed by atoms with Crippen molar-refractivity contribution in [3.05, 3.63) is 83.7 Å². The van der Waals surface area contributed by atoms with Crippen molar-refractivity contribution >= 4 is 28.5 Å². The lowest BCUT2D eigenvalue weighted by Crippen LogP contribution is -2.43. The van der Waals surface area contributed by atoms with Crippen LogP contribution in [0.4, 0.5) is 14.6 Å². The highest BCUT2D eigenvalue weighted by Crippen LogP contribution is 2.49. The maximum atomic E-state index is 15.1. The minimum absolute atomic E-state index is 0.0230. The van der Waals surface area contributed by atoms with Crippen LogP contribution in [0.15, 0.2) is 60.9 Å². The number of hydrogen-bond acceptors (Lipinski definition) is 8. The molecule has 1 aliphatic heterocycles. The molecule has 2 aliphatic rings. The average molecular weight is 544 g/mol. The molecule has 0 radical (unpaired) electrons. The molecule has 0 bridgehead atoms. The molecule has 0 unspecified atom stereocenters. The van der Waals surface area contributed by atoms with E-state index in [0.717, 1.165) is 32.0 Å². The zero-order valence-corrected chi connectivity index (χ0v) is 21.7. The third-order valence-electron chi connectivity index (χ3n) is 7.51. The number of nitrogens with one attached hydrogen (secondary N) is 1. The second-order valence-corrected chi connectivity index (χ2v) is 10.2. The van der Waals surface area contributed by atoms with Gasteiger partial charge in [-0.1, -0.05) is 18.2 Å². The molecule has 1 N–H and O–H groups in total. The van der Waals surface area contributed by atoms with Crippen LogP contribution in [0.3, 0.4) is 0 Å². The first kappa shape index (κ1) is 25.9. The van der Waals surface area contributed by atoms with Gasteiger partial charge < -0.3 is 15.0 Å². The van der Waals surface area contributed by atoms with Gasteiger partial charge in [-0.2, -0.15) is 0 Å². The first-order valence-corrected chi connectivity index (χ1v) is 13.3. The number of Topliss-reactive ketones (excluding diaryl/α,β-unsaturated/α-hetero) is 2. The number of pyridine rings is 1. The number of aromatic nitrogens is 3. The lowest BCUT2D eigenvalue weighted by Gasteiger charge is -2.28. The van der Waals surface area contributed by atoms with Gasteiger partial charge in [0.15, 0.2) is 40.0 Å². The molecular formula is C30H27F2N5O3. The van der Waals surface area contributed by atoms with E-state index >= 15 is 4.39 Å². The number of carbonyl (C=O) groups is 2. The number of anilines is 1. The first-order valence-electron chi connectivity index (χ1n) is 13.3. The Labute approximate surface area is 229 Å². The second kappa shape index (κ2) is 10.7. The largest absolute Gasteiger partial charge is 0.452 e. The van der Waals surface area contributed by atoms with Crippen LogP contribution in [0.2, 0.25) is 0 Å². The molecule has 4 aromatic rings. The zero-order chi connectivity index (χ0) is 27.7. The maximum absolute atomic E-state index is 15.1. The van der Waals surface area contributed by atoms with E-state index in [-0.39, 0.29) is 36.0 Å². The predicted octanol–water partition coefficient (Wildman–Crippen LogP) is 4.21. The maximum Gasteiger partial charge on any atom is 0.184 e. The van der Waals surface area contributed by atoms with Gasteiger partial charge >= 0.3 is 0 Å². The topological polar surface area (TPSA) is 97.3 Å². The van der Waals surface area contributed by atoms with E-state index in [1.165, 1.54) is 30.5 Å². The standard InChI is InChI=1S/C30H27F2N5O3/c31-21-4-1-19(2-5-21)16-25(38)30(8-9-30)26(39)17-20-3-6-23(22(32)15-20)40-24-7-10-34-29-28(24)35-18-27(36-29)37-13-11-33-12-14-37/h1-7,10,15,18,33H,8-9,11-14,16-17H2. The first-order chi connectivity index (χ1) is 19.4. The number of rotatable bonds is 9. The number of hydrogen-bond donors (Lipinski definition) is 1. The van der Waals surface area contributed by atoms with E-state index in [1.54, 1.807) is 30.5 Å². The molecule has 6 rings (SSSR count). The summed E-state index contributed by atoms with van der Waals surface area (Å²) in [5, 5.41) is 3.30. The van der Waals surface area contributed by atoms with Gasteiger partial charge in [-0.05, 0) is 48.2 Å². The van der Waals surface area contributed by atoms with Crippen molar-refractivity contribution in [1.29, 1.82) is 0 Å². The Bertz CT molecular complexity index is 1580. The van der Waals surface area contributed by atoms with Gasteiger partial charge in [0.1, 0.15) is 11.6 Å². The molecule has 0 amide bonds. The van der Waals surface area contributed by atoms with Crippen LogP contribution in [-0.4, -0.2) is 52.7 Å². The summed E-state index contributed by atoms with van der Waals surface area (Å²) in [5.41, 5.74) is 0.881. The summed E-state index contributed by atoms with van der Waals surface area (Å²) in [6.45, 7) is 3.37. The fourth-order valence-corrected chi connectivity index (χ4v) is 5.02. The minimum Gasteiger partial charge on any atom is -0.452 e. The second-order valence-electron chi connectivity index (χ2n) is 10.2. The molecule has 2 aromatic carbocycles. The van der Waals surface area contributed by atoms with Crippen LogP contribution in [0.25, 0.3) is 11.2 Å². The lowest BCUT2D eigenvalue weighted by atomic mass is 9.88. The lowest BCUT2D eigenvalue weighted by molar-refractivity contribution is -0.133. The Morgan fingerprint density at radius 1 is 0.900 bits per heavy atom. The SMILES string of the molecule is O=C(Cc1ccc(F)cc1)C1(C(=O)Cc2ccc(Oc3ccnc4nc(N5CCNCC5)cnc34)c(F)c2)CC1. The Morgan fingerprint density at radius 3 is 2.30 bits per heavy atom. The number of carbonyl (C=O) groups excluding carboxylic acids is 2. The molecule has 1 saturated carbocycles. The van der Waals surface area contributed by atoms with Gasteiger partial charge in [-0.3, -0.25) is 9.59 Å². The third-order valence-corrected chi connectivity index (χ3v) is 7.51. The number of ketones is 2. The molecule has 204 valence electrons. The predicted molar refractivity (Wildman–Crippen MR) is 144 cm³/mol. The van der Waals surface area contributed by atoms with Crippen molar-refractivity contribution < 1.29 is 23.1 Å². The quantitative estimate of drug-likeness (QED) is 0.314. The van der Waals surface area contributed by atoms with E-state index < -0.39 is 11.2 Å². The minimum atomic E-state index is -1.04. The van der Waals surface area contributed by atoms with Gasteiger partial charge in [0, 0.05) is 51.3 Å². The van der Waals surface area contributed by atoms with Crippen LogP contribution < -0.4 is 15.0 Å². The van der Waals surface area contributed by atoms with E-state index in [0.29, 0.717) is 40.9 Å². The van der Waals surface area contributed by atoms with Crippen molar-refractivity contribution in [2.24, 2.45) is 5.41 Å². The number of benzene rings is 2. The number of halogens is 2. The van der Waals surface area contributed by atoms with Crippen LogP contribution >= 0.6 is 0 Å². The van der Waals surface area contributed by atoms with Crippen LogP contribution in [0.5, 0.6) is 11.5 Å². The number of nitrogens with zero attached hydrogens (tertiary/aromatic N) is 4. The van der Waals surface area contributed by atoms with Crippen molar-refractivity contribution in [2.45, 2.75) is 25.7 Å². The van der Waals surface area contributed by atoms with Crippen molar-refractivity contribution in [3.8, 4) is 11.5 Å². The van der Waals surface area contributed by atoms with Crippen molar-refractivity contribution in [2.75, 3.05) is 31.1 Å². The highest BCUT2D eigenvalue weighted by Gasteiger charge is 2.54. The summed E-state index contributed by atoms with van der Waals surface area (Å²) >= 11 is 0. The van der Waals surface area contributed by atoms with Crippen molar-refractivity contribution in [3.63, 3.8) is 0 Å². The van der Waals surface area contributed by atoms with E-state index in [2.05, 4.69) is 25.2 Å². The van der Waals surface area contributed by atoms with Crippen LogP contribution in [0.1, 0.15) is 24.0 Å². The summed E-state index contributed by atoms with van der Waals surface area (Å²) in [5.74, 6) is -0.418. The van der Waals surface area contributed by atoms with Crippen LogP contribution in [-0.2, 0) is 22.4 Å². The zero-order valence-electron chi connectivity index (χ0n) is 21.7. The monoisotopic (exact) mass is 543 g/mol. The Hall–Kier alpha value is -4.31. The number of fused-ring (bicyclic) bond motifs is 1. The molecule has 0 atom stereocenters. The van der Waals surface area contributed by atoms with Gasteiger partial charge in [-0.15, -0.1) is 0 Å². The summed E-state index contributed by atoms with van der Waals surface area (Å²) in [7, 11) is 0. The van der Waals surface area contributed by atoms with Gasteiger partial charge in [0.25, 0.3) is 0 Å². The molecule has 8 nitrogen and oxygen atoms in total. The Balaban J connectivity index is 1.14. The molecular weight excluding hydrogens is 516 g/mol. The van der Waals surface area contributed by atoms with Crippen molar-refractivity contribution in [1.82, 2.24) is 20.3 Å². The van der Waals surface area contributed by atoms with E-state index in [1.807, 2.05) is 0 Å². The number of ether oxygens (including phenoxy) is 1. The summed E-state index contributed by atoms with van der Waals surface area (Å²) < 4.78 is 34.1.